The third-order valence-electron chi connectivity index (χ3n) is 2.93. The van der Waals surface area contributed by atoms with Crippen LogP contribution in [-0.4, -0.2) is 40.3 Å². The molecular weight excluding hydrogens is 163 g/mol. The largest absolute Gasteiger partial charge is 0.390 e. The molecule has 4 heteroatoms. The fourth-order valence-electron chi connectivity index (χ4n) is 2.22. The summed E-state index contributed by atoms with van der Waals surface area (Å²) in [5, 5.41) is 19.1. The fraction of sp³-hybridized carbons (Fsp3) is 1.00. The van der Waals surface area contributed by atoms with Crippen molar-refractivity contribution in [2.24, 2.45) is 0 Å². The zero-order valence-corrected chi connectivity index (χ0v) is 6.90. The minimum absolute atomic E-state index is 0.296. The van der Waals surface area contributed by atoms with Crippen molar-refractivity contribution in [3.8, 4) is 0 Å². The average molecular weight is 176 g/mol. The van der Waals surface area contributed by atoms with Crippen LogP contribution in [0.1, 0.15) is 19.8 Å². The predicted octanol–water partition coefficient (Wildman–Crippen LogP) is -0.00240. The molecule has 0 aromatic rings. The number of rotatable bonds is 0. The van der Waals surface area contributed by atoms with Gasteiger partial charge in [0.15, 0.2) is 6.17 Å². The first-order valence-corrected chi connectivity index (χ1v) is 4.25. The minimum atomic E-state index is -1.43. The lowest BCUT2D eigenvalue weighted by atomic mass is 9.94. The van der Waals surface area contributed by atoms with Gasteiger partial charge in [-0.1, -0.05) is 0 Å². The van der Waals surface area contributed by atoms with Gasteiger partial charge in [0.2, 0.25) is 0 Å². The summed E-state index contributed by atoms with van der Waals surface area (Å²) in [7, 11) is 0. The van der Waals surface area contributed by atoms with Crippen LogP contribution in [-0.2, 0) is 4.74 Å². The molecule has 2 rings (SSSR count). The molecule has 2 N–H and O–H groups in total. The first-order valence-electron chi connectivity index (χ1n) is 4.25. The molecular formula is C8H13FO3. The fourth-order valence-corrected chi connectivity index (χ4v) is 2.22. The highest BCUT2D eigenvalue weighted by molar-refractivity contribution is 5.09. The summed E-state index contributed by atoms with van der Waals surface area (Å²) in [6.45, 7) is 1.58. The molecule has 0 aromatic heterocycles. The molecule has 0 amide bonds. The first kappa shape index (κ1) is 8.41. The van der Waals surface area contributed by atoms with Gasteiger partial charge in [-0.2, -0.15) is 0 Å². The van der Waals surface area contributed by atoms with Gasteiger partial charge in [-0.25, -0.2) is 4.39 Å². The Morgan fingerprint density at radius 1 is 1.58 bits per heavy atom. The monoisotopic (exact) mass is 176 g/mol. The summed E-state index contributed by atoms with van der Waals surface area (Å²) >= 11 is 0. The highest BCUT2D eigenvalue weighted by atomic mass is 19.1. The van der Waals surface area contributed by atoms with Gasteiger partial charge in [-0.3, -0.25) is 0 Å². The van der Waals surface area contributed by atoms with Crippen molar-refractivity contribution < 1.29 is 19.3 Å². The van der Waals surface area contributed by atoms with E-state index in [4.69, 9.17) is 4.74 Å². The van der Waals surface area contributed by atoms with E-state index >= 15 is 0 Å². The van der Waals surface area contributed by atoms with E-state index < -0.39 is 30.1 Å². The van der Waals surface area contributed by atoms with Gasteiger partial charge in [-0.05, 0) is 19.8 Å². The summed E-state index contributed by atoms with van der Waals surface area (Å²) in [4.78, 5) is 0. The Kier molecular flexibility index (Phi) is 1.68. The number of aliphatic hydroxyl groups is 2. The second-order valence-corrected chi connectivity index (χ2v) is 3.76. The molecule has 1 aliphatic carbocycles. The summed E-state index contributed by atoms with van der Waals surface area (Å²) in [6, 6.07) is 0. The molecule has 3 nitrogen and oxygen atoms in total. The number of fused-ring (bicyclic) bond motifs is 1. The Labute approximate surface area is 70.1 Å². The van der Waals surface area contributed by atoms with Crippen molar-refractivity contribution >= 4 is 0 Å². The molecule has 0 radical (unpaired) electrons. The molecule has 0 spiro atoms. The number of hydrogen-bond donors (Lipinski definition) is 2. The van der Waals surface area contributed by atoms with Gasteiger partial charge in [-0.15, -0.1) is 0 Å². The molecule has 1 heterocycles. The van der Waals surface area contributed by atoms with E-state index in [2.05, 4.69) is 0 Å². The molecule has 0 aromatic carbocycles. The lowest BCUT2D eigenvalue weighted by Gasteiger charge is -2.23. The SMILES string of the molecule is C[C@@H]1O[C@@H]2[C@H](O)CC[C@]2(O)[C@H]1F. The van der Waals surface area contributed by atoms with Crippen LogP contribution in [0, 0.1) is 0 Å². The van der Waals surface area contributed by atoms with Gasteiger partial charge >= 0.3 is 0 Å². The molecule has 12 heavy (non-hydrogen) atoms. The predicted molar refractivity (Wildman–Crippen MR) is 39.4 cm³/mol. The number of hydrogen-bond acceptors (Lipinski definition) is 3. The number of alkyl halides is 1. The summed E-state index contributed by atoms with van der Waals surface area (Å²) < 4.78 is 18.5. The van der Waals surface area contributed by atoms with Crippen molar-refractivity contribution in [3.05, 3.63) is 0 Å². The van der Waals surface area contributed by atoms with E-state index in [9.17, 15) is 14.6 Å². The Morgan fingerprint density at radius 3 is 2.83 bits per heavy atom. The van der Waals surface area contributed by atoms with Crippen LogP contribution in [0.25, 0.3) is 0 Å². The van der Waals surface area contributed by atoms with Gasteiger partial charge in [0.25, 0.3) is 0 Å². The van der Waals surface area contributed by atoms with Crippen molar-refractivity contribution in [1.82, 2.24) is 0 Å². The summed E-state index contributed by atoms with van der Waals surface area (Å²) in [6.07, 6.45) is -2.67. The molecule has 5 atom stereocenters. The highest BCUT2D eigenvalue weighted by Crippen LogP contribution is 2.44. The molecule has 70 valence electrons. The molecule has 1 saturated carbocycles. The van der Waals surface area contributed by atoms with Crippen molar-refractivity contribution in [1.29, 1.82) is 0 Å². The zero-order valence-electron chi connectivity index (χ0n) is 6.90. The second-order valence-electron chi connectivity index (χ2n) is 3.76. The van der Waals surface area contributed by atoms with Crippen LogP contribution in [0.3, 0.4) is 0 Å². The van der Waals surface area contributed by atoms with Gasteiger partial charge in [0, 0.05) is 0 Å². The lowest BCUT2D eigenvalue weighted by Crippen LogP contribution is -2.44. The zero-order chi connectivity index (χ0) is 8.93. The van der Waals surface area contributed by atoms with Gasteiger partial charge < -0.3 is 14.9 Å². The smallest absolute Gasteiger partial charge is 0.157 e. The maximum absolute atomic E-state index is 13.3. The first-order chi connectivity index (χ1) is 5.55. The van der Waals surface area contributed by atoms with Crippen molar-refractivity contribution in [2.45, 2.75) is 49.9 Å². The van der Waals surface area contributed by atoms with E-state index in [1.807, 2.05) is 0 Å². The maximum atomic E-state index is 13.3. The van der Waals surface area contributed by atoms with E-state index in [-0.39, 0.29) is 0 Å². The summed E-state index contributed by atoms with van der Waals surface area (Å²) in [5.41, 5.74) is -1.43. The van der Waals surface area contributed by atoms with Gasteiger partial charge in [0.05, 0.1) is 12.2 Å². The minimum Gasteiger partial charge on any atom is -0.390 e. The Bertz CT molecular complexity index is 199. The van der Waals surface area contributed by atoms with E-state index in [1.54, 1.807) is 6.92 Å². The van der Waals surface area contributed by atoms with E-state index in [0.29, 0.717) is 12.8 Å². The molecule has 1 aliphatic heterocycles. The number of aliphatic hydroxyl groups excluding tert-OH is 1. The molecule has 2 aliphatic rings. The normalized spacial score (nSPS) is 59.0. The Morgan fingerprint density at radius 2 is 2.25 bits per heavy atom. The van der Waals surface area contributed by atoms with Crippen LogP contribution in [0.5, 0.6) is 0 Å². The third kappa shape index (κ3) is 0.857. The van der Waals surface area contributed by atoms with Crippen LogP contribution in [0.2, 0.25) is 0 Å². The Hall–Kier alpha value is -0.190. The Balaban J connectivity index is 2.25. The quantitative estimate of drug-likeness (QED) is 0.546. The standard InChI is InChI=1S/C8H13FO3/c1-4-6(9)8(11)3-2-5(10)7(8)12-4/h4-7,10-11H,2-3H2,1H3/t4-,5+,6-,7+,8-/m0/s1. The number of halogens is 1. The number of ether oxygens (including phenoxy) is 1. The second kappa shape index (κ2) is 2.40. The van der Waals surface area contributed by atoms with Crippen LogP contribution in [0.15, 0.2) is 0 Å². The molecule has 0 unspecified atom stereocenters. The topological polar surface area (TPSA) is 49.7 Å². The van der Waals surface area contributed by atoms with E-state index in [0.717, 1.165) is 0 Å². The van der Waals surface area contributed by atoms with Crippen molar-refractivity contribution in [3.63, 3.8) is 0 Å². The van der Waals surface area contributed by atoms with Crippen molar-refractivity contribution in [2.75, 3.05) is 0 Å². The average Bonchev–Trinajstić information content (AvgIpc) is 2.42. The molecule has 1 saturated heterocycles. The third-order valence-corrected chi connectivity index (χ3v) is 2.93. The van der Waals surface area contributed by atoms with Crippen LogP contribution >= 0.6 is 0 Å². The maximum Gasteiger partial charge on any atom is 0.157 e. The molecule has 0 bridgehead atoms. The molecule has 2 fully saturated rings. The van der Waals surface area contributed by atoms with Crippen LogP contribution in [0.4, 0.5) is 4.39 Å². The van der Waals surface area contributed by atoms with Gasteiger partial charge in [0.1, 0.15) is 11.7 Å². The van der Waals surface area contributed by atoms with Crippen LogP contribution < -0.4 is 0 Å². The lowest BCUT2D eigenvalue weighted by molar-refractivity contribution is -0.0734. The summed E-state index contributed by atoms with van der Waals surface area (Å²) in [5.74, 6) is 0. The highest BCUT2D eigenvalue weighted by Gasteiger charge is 2.60. The van der Waals surface area contributed by atoms with E-state index in [1.165, 1.54) is 0 Å².